The number of amides is 1. The van der Waals surface area contributed by atoms with Gasteiger partial charge in [-0.3, -0.25) is 15.0 Å². The third-order valence-corrected chi connectivity index (χ3v) is 2.97. The molecule has 1 aromatic heterocycles. The molecule has 0 saturated heterocycles. The van der Waals surface area contributed by atoms with Gasteiger partial charge in [-0.15, -0.1) is 0 Å². The predicted molar refractivity (Wildman–Crippen MR) is 69.8 cm³/mol. The summed E-state index contributed by atoms with van der Waals surface area (Å²) in [7, 11) is 0. The molecule has 2 N–H and O–H groups in total. The van der Waals surface area contributed by atoms with E-state index >= 15 is 0 Å². The number of fused-ring (bicyclic) bond motifs is 1. The van der Waals surface area contributed by atoms with Crippen LogP contribution >= 0.6 is 0 Å². The first-order chi connectivity index (χ1) is 8.54. The Morgan fingerprint density at radius 3 is 2.72 bits per heavy atom. The van der Waals surface area contributed by atoms with Crippen LogP contribution in [0, 0.1) is 6.92 Å². The average molecular weight is 244 g/mol. The first-order valence-electron chi connectivity index (χ1n) is 5.89. The van der Waals surface area contributed by atoms with Crippen LogP contribution in [0.1, 0.15) is 41.4 Å². The number of pyridine rings is 1. The van der Waals surface area contributed by atoms with Crippen molar-refractivity contribution in [3.63, 3.8) is 0 Å². The monoisotopic (exact) mass is 244 g/mol. The summed E-state index contributed by atoms with van der Waals surface area (Å²) in [6.07, 6.45) is 0. The van der Waals surface area contributed by atoms with E-state index in [1.54, 1.807) is 11.5 Å². The van der Waals surface area contributed by atoms with Crippen molar-refractivity contribution in [2.24, 2.45) is 0 Å². The summed E-state index contributed by atoms with van der Waals surface area (Å²) in [6.45, 7) is 6.01. The number of para-hydroxylation sites is 1. The van der Waals surface area contributed by atoms with Crippen LogP contribution < -0.4 is 5.48 Å². The number of benzene rings is 1. The molecule has 94 valence electrons. The van der Waals surface area contributed by atoms with Crippen molar-refractivity contribution in [3.05, 3.63) is 41.1 Å². The van der Waals surface area contributed by atoms with Crippen molar-refractivity contribution < 1.29 is 10.0 Å². The van der Waals surface area contributed by atoms with Crippen molar-refractivity contribution in [2.75, 3.05) is 0 Å². The Morgan fingerprint density at radius 2 is 2.11 bits per heavy atom. The Kier molecular flexibility index (Phi) is 3.30. The highest BCUT2D eigenvalue weighted by Crippen LogP contribution is 2.26. The first-order valence-corrected chi connectivity index (χ1v) is 5.89. The molecule has 2 rings (SSSR count). The quantitative estimate of drug-likeness (QED) is 0.630. The Labute approximate surface area is 106 Å². The Balaban J connectivity index is 2.82. The Hall–Kier alpha value is -1.94. The van der Waals surface area contributed by atoms with Gasteiger partial charge in [0.05, 0.1) is 11.1 Å². The smallest absolute Gasteiger partial charge is 0.275 e. The summed E-state index contributed by atoms with van der Waals surface area (Å²) in [4.78, 5) is 16.2. The van der Waals surface area contributed by atoms with Crippen molar-refractivity contribution in [2.45, 2.75) is 26.7 Å². The number of hydrogen-bond donors (Lipinski definition) is 2. The van der Waals surface area contributed by atoms with Gasteiger partial charge >= 0.3 is 0 Å². The third kappa shape index (κ3) is 2.07. The van der Waals surface area contributed by atoms with Gasteiger partial charge in [0, 0.05) is 11.1 Å². The van der Waals surface area contributed by atoms with Gasteiger partial charge in [-0.25, -0.2) is 5.48 Å². The van der Waals surface area contributed by atoms with Gasteiger partial charge in [0.2, 0.25) is 0 Å². The summed E-state index contributed by atoms with van der Waals surface area (Å²) >= 11 is 0. The minimum Gasteiger partial charge on any atom is -0.288 e. The second-order valence-electron chi connectivity index (χ2n) is 4.65. The zero-order chi connectivity index (χ0) is 13.3. The van der Waals surface area contributed by atoms with Crippen molar-refractivity contribution in [1.29, 1.82) is 0 Å². The molecular formula is C14H16N2O2. The number of hydrogen-bond acceptors (Lipinski definition) is 3. The topological polar surface area (TPSA) is 62.2 Å². The number of aromatic nitrogens is 1. The number of rotatable bonds is 2. The predicted octanol–water partition coefficient (Wildman–Crippen LogP) is 2.79. The summed E-state index contributed by atoms with van der Waals surface area (Å²) < 4.78 is 0. The molecule has 18 heavy (non-hydrogen) atoms. The highest BCUT2D eigenvalue weighted by Gasteiger charge is 2.14. The second kappa shape index (κ2) is 4.74. The fourth-order valence-corrected chi connectivity index (χ4v) is 2.11. The maximum Gasteiger partial charge on any atom is 0.275 e. The van der Waals surface area contributed by atoms with Crippen LogP contribution in [0.5, 0.6) is 0 Å². The molecule has 0 spiro atoms. The fraction of sp³-hybridized carbons (Fsp3) is 0.286. The van der Waals surface area contributed by atoms with Gasteiger partial charge in [-0.05, 0) is 24.5 Å². The number of hydroxylamine groups is 1. The molecule has 0 fully saturated rings. The third-order valence-electron chi connectivity index (χ3n) is 2.97. The van der Waals surface area contributed by atoms with Crippen molar-refractivity contribution >= 4 is 16.8 Å². The van der Waals surface area contributed by atoms with Gasteiger partial charge in [0.25, 0.3) is 5.91 Å². The van der Waals surface area contributed by atoms with E-state index in [0.717, 1.165) is 22.2 Å². The lowest BCUT2D eigenvalue weighted by Gasteiger charge is -2.12. The van der Waals surface area contributed by atoms with Crippen LogP contribution in [0.4, 0.5) is 0 Å². The minimum atomic E-state index is -0.508. The molecule has 4 nitrogen and oxygen atoms in total. The maximum atomic E-state index is 11.7. The normalized spacial score (nSPS) is 10.9. The molecule has 2 aromatic rings. The maximum absolute atomic E-state index is 11.7. The minimum absolute atomic E-state index is 0.327. The van der Waals surface area contributed by atoms with E-state index in [1.807, 2.05) is 25.1 Å². The Bertz CT molecular complexity index is 606. The van der Waals surface area contributed by atoms with Crippen molar-refractivity contribution in [3.8, 4) is 0 Å². The molecule has 1 amide bonds. The fourth-order valence-electron chi connectivity index (χ4n) is 2.11. The summed E-state index contributed by atoms with van der Waals surface area (Å²) in [6, 6.07) is 7.44. The van der Waals surface area contributed by atoms with E-state index < -0.39 is 5.91 Å². The lowest BCUT2D eigenvalue weighted by molar-refractivity contribution is 0.0708. The van der Waals surface area contributed by atoms with E-state index in [-0.39, 0.29) is 0 Å². The highest BCUT2D eigenvalue weighted by atomic mass is 16.5. The summed E-state index contributed by atoms with van der Waals surface area (Å²) in [5.41, 5.74) is 4.81. The number of aryl methyl sites for hydroxylation is 1. The van der Waals surface area contributed by atoms with E-state index in [1.165, 1.54) is 0 Å². The zero-order valence-electron chi connectivity index (χ0n) is 10.7. The summed E-state index contributed by atoms with van der Waals surface area (Å²) in [5.74, 6) is -0.181. The van der Waals surface area contributed by atoms with Crippen LogP contribution in [0.15, 0.2) is 24.3 Å². The van der Waals surface area contributed by atoms with E-state index in [0.29, 0.717) is 11.5 Å². The number of nitrogens with zero attached hydrogens (tertiary/aromatic N) is 1. The van der Waals surface area contributed by atoms with Gasteiger partial charge in [0.1, 0.15) is 0 Å². The van der Waals surface area contributed by atoms with Gasteiger partial charge in [0.15, 0.2) is 0 Å². The molecule has 0 unspecified atom stereocenters. The van der Waals surface area contributed by atoms with Crippen molar-refractivity contribution in [1.82, 2.24) is 10.5 Å². The molecule has 0 aliphatic heterocycles. The average Bonchev–Trinajstić information content (AvgIpc) is 2.35. The molecule has 1 heterocycles. The van der Waals surface area contributed by atoms with Crippen LogP contribution in [0.2, 0.25) is 0 Å². The van der Waals surface area contributed by atoms with E-state index in [4.69, 9.17) is 5.21 Å². The van der Waals surface area contributed by atoms with Crippen LogP contribution in [-0.2, 0) is 0 Å². The lowest BCUT2D eigenvalue weighted by atomic mass is 9.97. The molecular weight excluding hydrogens is 228 g/mol. The van der Waals surface area contributed by atoms with Gasteiger partial charge in [-0.1, -0.05) is 32.0 Å². The number of carbonyl (C=O) groups is 1. The van der Waals surface area contributed by atoms with Gasteiger partial charge < -0.3 is 0 Å². The first kappa shape index (κ1) is 12.5. The number of nitrogens with one attached hydrogen (secondary N) is 1. The highest BCUT2D eigenvalue weighted by molar-refractivity contribution is 6.06. The second-order valence-corrected chi connectivity index (χ2v) is 4.65. The number of carbonyl (C=O) groups excluding carboxylic acids is 1. The SMILES string of the molecule is Cc1cc(C(=O)NO)c2cccc(C(C)C)c2n1. The molecule has 0 atom stereocenters. The Morgan fingerprint density at radius 1 is 1.39 bits per heavy atom. The molecule has 0 bridgehead atoms. The van der Waals surface area contributed by atoms with Crippen LogP contribution in [-0.4, -0.2) is 16.1 Å². The molecule has 0 radical (unpaired) electrons. The molecule has 4 heteroatoms. The van der Waals surface area contributed by atoms with Crippen LogP contribution in [0.25, 0.3) is 10.9 Å². The molecule has 0 aliphatic carbocycles. The molecule has 0 saturated carbocycles. The zero-order valence-corrected chi connectivity index (χ0v) is 10.7. The van der Waals surface area contributed by atoms with Crippen LogP contribution in [0.3, 0.4) is 0 Å². The van der Waals surface area contributed by atoms with E-state index in [2.05, 4.69) is 18.8 Å². The summed E-state index contributed by atoms with van der Waals surface area (Å²) in [5, 5.41) is 9.56. The molecule has 0 aliphatic rings. The molecule has 1 aromatic carbocycles. The standard InChI is InChI=1S/C14H16N2O2/c1-8(2)10-5-4-6-11-12(14(17)16-18)7-9(3)15-13(10)11/h4-8,18H,1-3H3,(H,16,17). The van der Waals surface area contributed by atoms with E-state index in [9.17, 15) is 4.79 Å². The largest absolute Gasteiger partial charge is 0.288 e. The lowest BCUT2D eigenvalue weighted by Crippen LogP contribution is -2.19. The van der Waals surface area contributed by atoms with Gasteiger partial charge in [-0.2, -0.15) is 0 Å².